The fourth-order valence-corrected chi connectivity index (χ4v) is 2.85. The molecule has 1 aliphatic carbocycles. The van der Waals surface area contributed by atoms with Gasteiger partial charge in [-0.25, -0.2) is 0 Å². The van der Waals surface area contributed by atoms with Crippen LogP contribution < -0.4 is 5.32 Å². The predicted molar refractivity (Wildman–Crippen MR) is 77.0 cm³/mol. The van der Waals surface area contributed by atoms with Crippen LogP contribution in [0.2, 0.25) is 0 Å². The molecular formula is C16H22N2O. The van der Waals surface area contributed by atoms with E-state index in [1.54, 1.807) is 0 Å². The first-order chi connectivity index (χ1) is 9.13. The van der Waals surface area contributed by atoms with Crippen molar-refractivity contribution >= 4 is 5.69 Å². The van der Waals surface area contributed by atoms with Crippen LogP contribution in [0.25, 0.3) is 0 Å². The summed E-state index contributed by atoms with van der Waals surface area (Å²) in [7, 11) is 0. The second-order valence-electron chi connectivity index (χ2n) is 5.43. The Labute approximate surface area is 115 Å². The van der Waals surface area contributed by atoms with Crippen LogP contribution in [0.5, 0.6) is 0 Å². The van der Waals surface area contributed by atoms with Crippen molar-refractivity contribution in [1.29, 1.82) is 5.26 Å². The van der Waals surface area contributed by atoms with Crippen LogP contribution in [0.1, 0.15) is 39.2 Å². The fourth-order valence-electron chi connectivity index (χ4n) is 2.85. The highest BCUT2D eigenvalue weighted by atomic mass is 16.5. The van der Waals surface area contributed by atoms with E-state index in [4.69, 9.17) is 10.00 Å². The van der Waals surface area contributed by atoms with Gasteiger partial charge in [0.25, 0.3) is 0 Å². The SMILES string of the molecule is CCOC1CC(Nc2cccc(C#N)c2)C1(C)CC. The van der Waals surface area contributed by atoms with Gasteiger partial charge in [-0.1, -0.05) is 19.9 Å². The number of benzene rings is 1. The normalized spacial score (nSPS) is 29.4. The van der Waals surface area contributed by atoms with Crippen molar-refractivity contribution in [2.75, 3.05) is 11.9 Å². The quantitative estimate of drug-likeness (QED) is 0.878. The molecule has 19 heavy (non-hydrogen) atoms. The van der Waals surface area contributed by atoms with E-state index in [1.165, 1.54) is 0 Å². The molecule has 1 fully saturated rings. The second kappa shape index (κ2) is 5.63. The topological polar surface area (TPSA) is 45.0 Å². The van der Waals surface area contributed by atoms with Gasteiger partial charge in [-0.15, -0.1) is 0 Å². The lowest BCUT2D eigenvalue weighted by Crippen LogP contribution is -2.59. The third-order valence-electron chi connectivity index (χ3n) is 4.44. The predicted octanol–water partition coefficient (Wildman–Crippen LogP) is 3.56. The first kappa shape index (κ1) is 13.9. The molecule has 0 saturated heterocycles. The molecule has 0 aromatic heterocycles. The maximum atomic E-state index is 8.93. The Morgan fingerprint density at radius 1 is 1.47 bits per heavy atom. The smallest absolute Gasteiger partial charge is 0.0992 e. The minimum Gasteiger partial charge on any atom is -0.382 e. The molecule has 1 saturated carbocycles. The Morgan fingerprint density at radius 3 is 2.89 bits per heavy atom. The van der Waals surface area contributed by atoms with Gasteiger partial charge in [0, 0.05) is 23.8 Å². The van der Waals surface area contributed by atoms with Gasteiger partial charge in [0.15, 0.2) is 0 Å². The van der Waals surface area contributed by atoms with E-state index in [2.05, 4.69) is 25.2 Å². The average molecular weight is 258 g/mol. The number of nitriles is 1. The summed E-state index contributed by atoms with van der Waals surface area (Å²) in [6, 6.07) is 10.3. The standard InChI is InChI=1S/C16H22N2O/c1-4-16(3)14(10-15(16)19-5-2)18-13-8-6-7-12(9-13)11-17/h6-9,14-15,18H,4-5,10H2,1-3H3. The lowest BCUT2D eigenvalue weighted by molar-refractivity contribution is -0.109. The highest BCUT2D eigenvalue weighted by Crippen LogP contribution is 2.47. The number of hydrogen-bond acceptors (Lipinski definition) is 3. The van der Waals surface area contributed by atoms with Crippen molar-refractivity contribution < 1.29 is 4.74 Å². The Kier molecular flexibility index (Phi) is 4.11. The Morgan fingerprint density at radius 2 is 2.26 bits per heavy atom. The molecule has 3 atom stereocenters. The van der Waals surface area contributed by atoms with Crippen molar-refractivity contribution in [3.05, 3.63) is 29.8 Å². The molecule has 0 bridgehead atoms. The van der Waals surface area contributed by atoms with Crippen LogP contribution >= 0.6 is 0 Å². The van der Waals surface area contributed by atoms with Gasteiger partial charge in [-0.3, -0.25) is 0 Å². The first-order valence-electron chi connectivity index (χ1n) is 7.02. The molecule has 0 radical (unpaired) electrons. The molecule has 0 heterocycles. The van der Waals surface area contributed by atoms with Gasteiger partial charge in [0.2, 0.25) is 0 Å². The number of nitrogens with one attached hydrogen (secondary N) is 1. The zero-order chi connectivity index (χ0) is 13.9. The van der Waals surface area contributed by atoms with Gasteiger partial charge in [-0.05, 0) is 38.0 Å². The molecule has 1 aromatic rings. The molecule has 1 aromatic carbocycles. The van der Waals surface area contributed by atoms with E-state index in [-0.39, 0.29) is 5.41 Å². The van der Waals surface area contributed by atoms with Gasteiger partial charge >= 0.3 is 0 Å². The van der Waals surface area contributed by atoms with E-state index in [0.29, 0.717) is 17.7 Å². The summed E-state index contributed by atoms with van der Waals surface area (Å²) in [5, 5.41) is 12.5. The molecule has 0 spiro atoms. The van der Waals surface area contributed by atoms with Crippen LogP contribution in [0, 0.1) is 16.7 Å². The number of anilines is 1. The maximum Gasteiger partial charge on any atom is 0.0992 e. The minimum atomic E-state index is 0.179. The summed E-state index contributed by atoms with van der Waals surface area (Å²) in [5.74, 6) is 0. The van der Waals surface area contributed by atoms with Crippen molar-refractivity contribution in [1.82, 2.24) is 0 Å². The molecule has 0 aliphatic heterocycles. The summed E-state index contributed by atoms with van der Waals surface area (Å²) in [6.45, 7) is 7.32. The van der Waals surface area contributed by atoms with E-state index in [0.717, 1.165) is 25.1 Å². The van der Waals surface area contributed by atoms with Crippen LogP contribution in [0.15, 0.2) is 24.3 Å². The molecule has 0 amide bonds. The average Bonchev–Trinajstić information content (AvgIpc) is 2.45. The van der Waals surface area contributed by atoms with Crippen LogP contribution in [-0.2, 0) is 4.74 Å². The van der Waals surface area contributed by atoms with Gasteiger partial charge in [-0.2, -0.15) is 5.26 Å². The van der Waals surface area contributed by atoms with Crippen LogP contribution in [-0.4, -0.2) is 18.8 Å². The van der Waals surface area contributed by atoms with Crippen molar-refractivity contribution in [3.63, 3.8) is 0 Å². The summed E-state index contributed by atoms with van der Waals surface area (Å²) < 4.78 is 5.80. The minimum absolute atomic E-state index is 0.179. The Bertz CT molecular complexity index is 480. The molecule has 1 aliphatic rings. The zero-order valence-electron chi connectivity index (χ0n) is 11.9. The van der Waals surface area contributed by atoms with Crippen molar-refractivity contribution in [2.24, 2.45) is 5.41 Å². The number of rotatable bonds is 5. The molecule has 2 rings (SSSR count). The fraction of sp³-hybridized carbons (Fsp3) is 0.562. The number of ether oxygens (including phenoxy) is 1. The van der Waals surface area contributed by atoms with Gasteiger partial charge < -0.3 is 10.1 Å². The Hall–Kier alpha value is -1.53. The number of nitrogens with zero attached hydrogens (tertiary/aromatic N) is 1. The number of hydrogen-bond donors (Lipinski definition) is 1. The third kappa shape index (κ3) is 2.59. The lowest BCUT2D eigenvalue weighted by atomic mass is 9.61. The van der Waals surface area contributed by atoms with Crippen molar-refractivity contribution in [3.8, 4) is 6.07 Å². The van der Waals surface area contributed by atoms with Crippen molar-refractivity contribution in [2.45, 2.75) is 45.8 Å². The first-order valence-corrected chi connectivity index (χ1v) is 7.02. The van der Waals surface area contributed by atoms with Gasteiger partial charge in [0.05, 0.1) is 17.7 Å². The molecule has 1 N–H and O–H groups in total. The molecule has 3 unspecified atom stereocenters. The highest BCUT2D eigenvalue weighted by Gasteiger charge is 2.51. The summed E-state index contributed by atoms with van der Waals surface area (Å²) in [4.78, 5) is 0. The van der Waals surface area contributed by atoms with E-state index >= 15 is 0 Å². The molecule has 3 nitrogen and oxygen atoms in total. The van der Waals surface area contributed by atoms with E-state index in [1.807, 2.05) is 31.2 Å². The van der Waals surface area contributed by atoms with Crippen LogP contribution in [0.3, 0.4) is 0 Å². The third-order valence-corrected chi connectivity index (χ3v) is 4.44. The maximum absolute atomic E-state index is 8.93. The summed E-state index contributed by atoms with van der Waals surface area (Å²) in [5.41, 5.74) is 1.90. The molecular weight excluding hydrogens is 236 g/mol. The largest absolute Gasteiger partial charge is 0.382 e. The zero-order valence-corrected chi connectivity index (χ0v) is 11.9. The lowest BCUT2D eigenvalue weighted by Gasteiger charge is -2.54. The summed E-state index contributed by atoms with van der Waals surface area (Å²) in [6.07, 6.45) is 2.47. The van der Waals surface area contributed by atoms with Crippen LogP contribution in [0.4, 0.5) is 5.69 Å². The Balaban J connectivity index is 2.06. The van der Waals surface area contributed by atoms with E-state index < -0.39 is 0 Å². The highest BCUT2D eigenvalue weighted by molar-refractivity contribution is 5.50. The van der Waals surface area contributed by atoms with E-state index in [9.17, 15) is 0 Å². The second-order valence-corrected chi connectivity index (χ2v) is 5.43. The monoisotopic (exact) mass is 258 g/mol. The molecule has 102 valence electrons. The molecule has 3 heteroatoms. The van der Waals surface area contributed by atoms with Gasteiger partial charge in [0.1, 0.15) is 0 Å². The summed E-state index contributed by atoms with van der Waals surface area (Å²) >= 11 is 0.